The molecule has 2 aromatic heterocycles. The zero-order chi connectivity index (χ0) is 21.0. The number of hydrogen-bond acceptors (Lipinski definition) is 5. The van der Waals surface area contributed by atoms with Gasteiger partial charge >= 0.3 is 0 Å². The monoisotopic (exact) mass is 412 g/mol. The van der Waals surface area contributed by atoms with Crippen molar-refractivity contribution in [2.75, 3.05) is 0 Å². The second kappa shape index (κ2) is 8.15. The Hall–Kier alpha value is -4.02. The summed E-state index contributed by atoms with van der Waals surface area (Å²) in [5.41, 5.74) is 2.65. The van der Waals surface area contributed by atoms with Crippen LogP contribution in [0.5, 0.6) is 0 Å². The van der Waals surface area contributed by atoms with E-state index in [4.69, 9.17) is 0 Å². The molecule has 0 N–H and O–H groups in total. The van der Waals surface area contributed by atoms with Gasteiger partial charge in [-0.3, -0.25) is 4.98 Å². The topological polar surface area (TPSA) is 88.6 Å². The van der Waals surface area contributed by atoms with Gasteiger partial charge in [-0.15, -0.1) is 0 Å². The van der Waals surface area contributed by atoms with E-state index in [9.17, 15) is 13.7 Å². The van der Waals surface area contributed by atoms with E-state index in [1.807, 2.05) is 36.4 Å². The lowest BCUT2D eigenvalue weighted by molar-refractivity contribution is 0.603. The SMILES string of the molecule is N#CC(=Cc1cn(-c2ccccc2)nc1-c1ccncc1)S(=O)(=O)c1ccccc1. The van der Waals surface area contributed by atoms with Gasteiger partial charge in [0, 0.05) is 29.7 Å². The number of hydrogen-bond donors (Lipinski definition) is 0. The second-order valence-electron chi connectivity index (χ2n) is 6.39. The fourth-order valence-electron chi connectivity index (χ4n) is 2.98. The van der Waals surface area contributed by atoms with Crippen LogP contribution in [0.2, 0.25) is 0 Å². The van der Waals surface area contributed by atoms with Gasteiger partial charge in [0.2, 0.25) is 9.84 Å². The van der Waals surface area contributed by atoms with Crippen LogP contribution in [-0.2, 0) is 9.84 Å². The lowest BCUT2D eigenvalue weighted by Crippen LogP contribution is -2.03. The van der Waals surface area contributed by atoms with Crippen LogP contribution in [0.3, 0.4) is 0 Å². The molecule has 0 amide bonds. The number of nitrogens with zero attached hydrogens (tertiary/aromatic N) is 4. The Morgan fingerprint density at radius 2 is 1.57 bits per heavy atom. The van der Waals surface area contributed by atoms with E-state index in [1.165, 1.54) is 18.2 Å². The van der Waals surface area contributed by atoms with E-state index in [-0.39, 0.29) is 9.80 Å². The molecule has 0 unspecified atom stereocenters. The standard InChI is InChI=1S/C23H16N4O2S/c24-16-22(30(28,29)21-9-5-2-6-10-21)15-19-17-27(20-7-3-1-4-8-20)26-23(19)18-11-13-25-14-12-18/h1-15,17H. The highest BCUT2D eigenvalue weighted by atomic mass is 32.2. The third-order valence-corrected chi connectivity index (χ3v) is 6.14. The Morgan fingerprint density at radius 1 is 0.933 bits per heavy atom. The van der Waals surface area contributed by atoms with Crippen molar-refractivity contribution in [3.8, 4) is 23.0 Å². The van der Waals surface area contributed by atoms with E-state index < -0.39 is 9.84 Å². The van der Waals surface area contributed by atoms with Crippen LogP contribution in [0.15, 0.2) is 101 Å². The molecule has 4 rings (SSSR count). The summed E-state index contributed by atoms with van der Waals surface area (Å²) in [6.45, 7) is 0. The number of nitriles is 1. The summed E-state index contributed by atoms with van der Waals surface area (Å²) >= 11 is 0. The van der Waals surface area contributed by atoms with E-state index >= 15 is 0 Å². The van der Waals surface area contributed by atoms with Gasteiger partial charge < -0.3 is 0 Å². The van der Waals surface area contributed by atoms with Crippen molar-refractivity contribution in [3.63, 3.8) is 0 Å². The quantitative estimate of drug-likeness (QED) is 0.457. The Balaban J connectivity index is 1.89. The number of rotatable bonds is 5. The molecule has 0 fully saturated rings. The van der Waals surface area contributed by atoms with Crippen LogP contribution >= 0.6 is 0 Å². The average Bonchev–Trinajstić information content (AvgIpc) is 3.23. The molecule has 0 radical (unpaired) electrons. The Bertz CT molecular complexity index is 1340. The molecule has 0 saturated carbocycles. The van der Waals surface area contributed by atoms with Gasteiger partial charge in [-0.2, -0.15) is 10.4 Å². The molecule has 0 aliphatic rings. The maximum atomic E-state index is 13.0. The molecule has 0 aliphatic heterocycles. The van der Waals surface area contributed by atoms with Crippen LogP contribution in [0.25, 0.3) is 23.0 Å². The average molecular weight is 412 g/mol. The Labute approximate surface area is 174 Å². The van der Waals surface area contributed by atoms with Gasteiger partial charge in [0.25, 0.3) is 0 Å². The number of benzene rings is 2. The van der Waals surface area contributed by atoms with Crippen molar-refractivity contribution in [2.45, 2.75) is 4.90 Å². The minimum absolute atomic E-state index is 0.0683. The summed E-state index contributed by atoms with van der Waals surface area (Å²) in [6, 6.07) is 22.8. The zero-order valence-electron chi connectivity index (χ0n) is 15.8. The largest absolute Gasteiger partial charge is 0.265 e. The third kappa shape index (κ3) is 3.77. The van der Waals surface area contributed by atoms with Crippen molar-refractivity contribution < 1.29 is 8.42 Å². The first-order chi connectivity index (χ1) is 14.6. The molecule has 2 aromatic carbocycles. The third-order valence-electron chi connectivity index (χ3n) is 4.46. The van der Waals surface area contributed by atoms with Gasteiger partial charge in [-0.05, 0) is 42.5 Å². The fraction of sp³-hybridized carbons (Fsp3) is 0. The van der Waals surface area contributed by atoms with Crippen molar-refractivity contribution in [2.24, 2.45) is 0 Å². The van der Waals surface area contributed by atoms with E-state index in [0.717, 1.165) is 11.3 Å². The maximum Gasteiger partial charge on any atom is 0.216 e. The highest BCUT2D eigenvalue weighted by Crippen LogP contribution is 2.28. The number of allylic oxidation sites excluding steroid dienone is 1. The van der Waals surface area contributed by atoms with Crippen LogP contribution in [-0.4, -0.2) is 23.2 Å². The summed E-state index contributed by atoms with van der Waals surface area (Å²) in [4.78, 5) is 3.74. The Kier molecular flexibility index (Phi) is 5.24. The van der Waals surface area contributed by atoms with Crippen LogP contribution in [0, 0.1) is 11.3 Å². The molecule has 0 aliphatic carbocycles. The molecule has 0 atom stereocenters. The summed E-state index contributed by atoms with van der Waals surface area (Å²) in [5.74, 6) is 0. The maximum absolute atomic E-state index is 13.0. The molecule has 7 heteroatoms. The van der Waals surface area contributed by atoms with Crippen molar-refractivity contribution in [3.05, 3.63) is 102 Å². The first kappa shape index (κ1) is 19.3. The van der Waals surface area contributed by atoms with Gasteiger partial charge in [0.05, 0.1) is 10.6 Å². The number of sulfone groups is 1. The van der Waals surface area contributed by atoms with Crippen LogP contribution in [0.1, 0.15) is 5.56 Å². The lowest BCUT2D eigenvalue weighted by atomic mass is 10.1. The van der Waals surface area contributed by atoms with E-state index in [2.05, 4.69) is 10.1 Å². The van der Waals surface area contributed by atoms with Gasteiger partial charge in [0.1, 0.15) is 16.7 Å². The van der Waals surface area contributed by atoms with Crippen LogP contribution < -0.4 is 0 Å². The first-order valence-corrected chi connectivity index (χ1v) is 10.6. The molecule has 0 saturated heterocycles. The molecule has 2 heterocycles. The van der Waals surface area contributed by atoms with E-state index in [1.54, 1.807) is 53.6 Å². The minimum atomic E-state index is -3.95. The number of pyridine rings is 1. The van der Waals surface area contributed by atoms with Gasteiger partial charge in [-0.25, -0.2) is 13.1 Å². The summed E-state index contributed by atoms with van der Waals surface area (Å²) in [5, 5.41) is 14.3. The lowest BCUT2D eigenvalue weighted by Gasteiger charge is -2.03. The van der Waals surface area contributed by atoms with Gasteiger partial charge in [-0.1, -0.05) is 36.4 Å². The highest BCUT2D eigenvalue weighted by Gasteiger charge is 2.22. The predicted molar refractivity (Wildman–Crippen MR) is 114 cm³/mol. The molecule has 30 heavy (non-hydrogen) atoms. The smallest absolute Gasteiger partial charge is 0.216 e. The fourth-order valence-corrected chi connectivity index (χ4v) is 4.15. The van der Waals surface area contributed by atoms with Crippen molar-refractivity contribution in [1.29, 1.82) is 5.26 Å². The number of para-hydroxylation sites is 1. The Morgan fingerprint density at radius 3 is 2.20 bits per heavy atom. The molecule has 4 aromatic rings. The summed E-state index contributed by atoms with van der Waals surface area (Å²) in [7, 11) is -3.95. The minimum Gasteiger partial charge on any atom is -0.265 e. The molecule has 0 spiro atoms. The predicted octanol–water partition coefficient (Wildman–Crippen LogP) is 4.27. The molecule has 6 nitrogen and oxygen atoms in total. The highest BCUT2D eigenvalue weighted by molar-refractivity contribution is 7.95. The normalized spacial score (nSPS) is 11.8. The molecular formula is C23H16N4O2S. The van der Waals surface area contributed by atoms with Gasteiger partial charge in [0.15, 0.2) is 0 Å². The van der Waals surface area contributed by atoms with Crippen molar-refractivity contribution in [1.82, 2.24) is 14.8 Å². The van der Waals surface area contributed by atoms with Crippen molar-refractivity contribution >= 4 is 15.9 Å². The second-order valence-corrected chi connectivity index (χ2v) is 8.30. The van der Waals surface area contributed by atoms with Crippen LogP contribution in [0.4, 0.5) is 0 Å². The van der Waals surface area contributed by atoms with E-state index in [0.29, 0.717) is 11.3 Å². The molecule has 0 bridgehead atoms. The number of aromatic nitrogens is 3. The first-order valence-electron chi connectivity index (χ1n) is 9.07. The summed E-state index contributed by atoms with van der Waals surface area (Å²) in [6.07, 6.45) is 6.35. The summed E-state index contributed by atoms with van der Waals surface area (Å²) < 4.78 is 27.6. The molecular weight excluding hydrogens is 396 g/mol. The molecule has 146 valence electrons. The zero-order valence-corrected chi connectivity index (χ0v) is 16.6.